The van der Waals surface area contributed by atoms with Gasteiger partial charge >= 0.3 is 0 Å². The molecule has 3 aromatic rings. The second kappa shape index (κ2) is 9.33. The Morgan fingerprint density at radius 3 is 2.56 bits per heavy atom. The summed E-state index contributed by atoms with van der Waals surface area (Å²) in [7, 11) is 1.62. The van der Waals surface area contributed by atoms with E-state index in [2.05, 4.69) is 20.6 Å². The lowest BCUT2D eigenvalue weighted by Crippen LogP contribution is -2.25. The van der Waals surface area contributed by atoms with Crippen LogP contribution in [-0.4, -0.2) is 36.1 Å². The zero-order chi connectivity index (χ0) is 18.9. The van der Waals surface area contributed by atoms with Crippen molar-refractivity contribution in [1.29, 1.82) is 0 Å². The lowest BCUT2D eigenvalue weighted by Gasteiger charge is -2.09. The van der Waals surface area contributed by atoms with E-state index in [1.54, 1.807) is 31.9 Å². The fraction of sp³-hybridized carbons (Fsp3) is 0.190. The molecule has 3 rings (SSSR count). The molecule has 2 aromatic heterocycles. The van der Waals surface area contributed by atoms with Gasteiger partial charge in [0.25, 0.3) is 5.91 Å². The maximum atomic E-state index is 12.3. The summed E-state index contributed by atoms with van der Waals surface area (Å²) in [5, 5.41) is 6.20. The van der Waals surface area contributed by atoms with Crippen LogP contribution in [0.4, 0.5) is 5.69 Å². The molecule has 0 spiro atoms. The third-order valence-electron chi connectivity index (χ3n) is 4.09. The van der Waals surface area contributed by atoms with Crippen LogP contribution in [0.25, 0.3) is 11.1 Å². The molecule has 27 heavy (non-hydrogen) atoms. The van der Waals surface area contributed by atoms with Gasteiger partial charge in [0.2, 0.25) is 0 Å². The van der Waals surface area contributed by atoms with E-state index in [0.29, 0.717) is 17.9 Å². The zero-order valence-electron chi connectivity index (χ0n) is 15.2. The average Bonchev–Trinajstić information content (AvgIpc) is 2.74. The van der Waals surface area contributed by atoms with Crippen LogP contribution in [-0.2, 0) is 0 Å². The van der Waals surface area contributed by atoms with Crippen molar-refractivity contribution < 1.29 is 9.53 Å². The minimum absolute atomic E-state index is 0.0791. The van der Waals surface area contributed by atoms with E-state index in [0.717, 1.165) is 29.8 Å². The van der Waals surface area contributed by atoms with Crippen LogP contribution in [0.3, 0.4) is 0 Å². The van der Waals surface area contributed by atoms with Crippen molar-refractivity contribution in [2.24, 2.45) is 0 Å². The number of rotatable bonds is 8. The molecular weight excluding hydrogens is 340 g/mol. The number of anilines is 1. The van der Waals surface area contributed by atoms with Crippen LogP contribution in [0.2, 0.25) is 0 Å². The van der Waals surface area contributed by atoms with Gasteiger partial charge in [0.1, 0.15) is 5.75 Å². The van der Waals surface area contributed by atoms with Crippen molar-refractivity contribution in [2.45, 2.75) is 6.42 Å². The van der Waals surface area contributed by atoms with Crippen molar-refractivity contribution in [2.75, 3.05) is 25.5 Å². The van der Waals surface area contributed by atoms with Crippen LogP contribution in [0, 0.1) is 0 Å². The highest BCUT2D eigenvalue weighted by Crippen LogP contribution is 2.28. The highest BCUT2D eigenvalue weighted by molar-refractivity contribution is 5.94. The normalized spacial score (nSPS) is 10.3. The predicted molar refractivity (Wildman–Crippen MR) is 106 cm³/mol. The molecule has 138 valence electrons. The third-order valence-corrected chi connectivity index (χ3v) is 4.09. The van der Waals surface area contributed by atoms with Crippen molar-refractivity contribution in [1.82, 2.24) is 15.3 Å². The molecule has 0 aliphatic carbocycles. The number of nitrogens with one attached hydrogen (secondary N) is 2. The second-order valence-electron chi connectivity index (χ2n) is 5.93. The molecule has 0 atom stereocenters. The summed E-state index contributed by atoms with van der Waals surface area (Å²) in [6.45, 7) is 1.37. The quantitative estimate of drug-likeness (QED) is 0.601. The highest BCUT2D eigenvalue weighted by Gasteiger charge is 2.08. The van der Waals surface area contributed by atoms with Crippen LogP contribution < -0.4 is 15.4 Å². The van der Waals surface area contributed by atoms with Gasteiger partial charge < -0.3 is 15.4 Å². The molecule has 1 amide bonds. The molecular formula is C21H22N4O2. The largest absolute Gasteiger partial charge is 0.494 e. The van der Waals surface area contributed by atoms with Crippen LogP contribution in [0.15, 0.2) is 67.3 Å². The molecule has 0 bridgehead atoms. The molecule has 6 nitrogen and oxygen atoms in total. The number of methoxy groups -OCH3 is 1. The highest BCUT2D eigenvalue weighted by atomic mass is 16.5. The Morgan fingerprint density at radius 1 is 1.00 bits per heavy atom. The number of carbonyl (C=O) groups excluding carboxylic acids is 1. The first-order valence-electron chi connectivity index (χ1n) is 8.78. The number of benzene rings is 1. The van der Waals surface area contributed by atoms with Gasteiger partial charge in [-0.2, -0.15) is 0 Å². The molecule has 0 saturated heterocycles. The Bertz CT molecular complexity index is 867. The first kappa shape index (κ1) is 18.4. The van der Waals surface area contributed by atoms with Crippen molar-refractivity contribution >= 4 is 11.6 Å². The summed E-state index contributed by atoms with van der Waals surface area (Å²) in [4.78, 5) is 20.4. The predicted octanol–water partition coefficient (Wildman–Crippen LogP) is 3.38. The second-order valence-corrected chi connectivity index (χ2v) is 5.93. The van der Waals surface area contributed by atoms with Crippen LogP contribution in [0.5, 0.6) is 5.75 Å². The zero-order valence-corrected chi connectivity index (χ0v) is 15.2. The summed E-state index contributed by atoms with van der Waals surface area (Å²) >= 11 is 0. The summed E-state index contributed by atoms with van der Waals surface area (Å²) in [6.07, 6.45) is 7.74. The summed E-state index contributed by atoms with van der Waals surface area (Å²) in [5.74, 6) is 0.625. The number of carbonyl (C=O) groups is 1. The fourth-order valence-electron chi connectivity index (χ4n) is 2.67. The van der Waals surface area contributed by atoms with E-state index in [1.807, 2.05) is 42.5 Å². The average molecular weight is 362 g/mol. The molecule has 0 unspecified atom stereocenters. The van der Waals surface area contributed by atoms with Crippen molar-refractivity contribution in [3.05, 3.63) is 72.8 Å². The van der Waals surface area contributed by atoms with E-state index in [9.17, 15) is 4.79 Å². The lowest BCUT2D eigenvalue weighted by atomic mass is 10.0. The minimum atomic E-state index is -0.0791. The van der Waals surface area contributed by atoms with E-state index in [1.165, 1.54) is 0 Å². The number of hydrogen-bond donors (Lipinski definition) is 2. The number of amides is 1. The van der Waals surface area contributed by atoms with Crippen LogP contribution >= 0.6 is 0 Å². The smallest absolute Gasteiger partial charge is 0.251 e. The number of aromatic nitrogens is 2. The molecule has 0 aliphatic heterocycles. The van der Waals surface area contributed by atoms with Gasteiger partial charge in [0.15, 0.2) is 0 Å². The standard InChI is InChI=1S/C21H22N4O2/c1-27-20-15-23-13-9-19(20)16-5-7-17(8-6-16)21(26)25-12-3-11-24-18-4-2-10-22-14-18/h2,4-10,13-15,24H,3,11-12H2,1H3,(H,25,26). The Balaban J connectivity index is 1.49. The van der Waals surface area contributed by atoms with Gasteiger partial charge in [-0.05, 0) is 42.3 Å². The van der Waals surface area contributed by atoms with E-state index in [4.69, 9.17) is 4.74 Å². The van der Waals surface area contributed by atoms with Gasteiger partial charge in [-0.15, -0.1) is 0 Å². The molecule has 0 fully saturated rings. The van der Waals surface area contributed by atoms with E-state index < -0.39 is 0 Å². The SMILES string of the molecule is COc1cnccc1-c1ccc(C(=O)NCCCNc2cccnc2)cc1. The van der Waals surface area contributed by atoms with E-state index >= 15 is 0 Å². The first-order chi connectivity index (χ1) is 13.3. The third kappa shape index (κ3) is 5.04. The summed E-state index contributed by atoms with van der Waals surface area (Å²) in [6, 6.07) is 13.2. The van der Waals surface area contributed by atoms with Crippen molar-refractivity contribution in [3.63, 3.8) is 0 Å². The molecule has 0 radical (unpaired) electrons. The van der Waals surface area contributed by atoms with E-state index in [-0.39, 0.29) is 5.91 Å². The minimum Gasteiger partial charge on any atom is -0.494 e. The molecule has 2 N–H and O–H groups in total. The molecule has 1 aromatic carbocycles. The fourth-order valence-corrected chi connectivity index (χ4v) is 2.67. The monoisotopic (exact) mass is 362 g/mol. The summed E-state index contributed by atoms with van der Waals surface area (Å²) in [5.41, 5.74) is 3.53. The Kier molecular flexibility index (Phi) is 6.35. The summed E-state index contributed by atoms with van der Waals surface area (Å²) < 4.78 is 5.33. The van der Waals surface area contributed by atoms with Crippen molar-refractivity contribution in [3.8, 4) is 16.9 Å². The first-order valence-corrected chi connectivity index (χ1v) is 8.78. The maximum absolute atomic E-state index is 12.3. The molecule has 0 aliphatic rings. The Hall–Kier alpha value is -3.41. The molecule has 6 heteroatoms. The maximum Gasteiger partial charge on any atom is 0.251 e. The Labute approximate surface area is 158 Å². The molecule has 0 saturated carbocycles. The number of hydrogen-bond acceptors (Lipinski definition) is 5. The van der Waals surface area contributed by atoms with Gasteiger partial charge in [0, 0.05) is 42.8 Å². The lowest BCUT2D eigenvalue weighted by molar-refractivity contribution is 0.0953. The van der Waals surface area contributed by atoms with Gasteiger partial charge in [0.05, 0.1) is 19.0 Å². The van der Waals surface area contributed by atoms with Crippen LogP contribution in [0.1, 0.15) is 16.8 Å². The molecule has 2 heterocycles. The number of pyridine rings is 2. The number of nitrogens with zero attached hydrogens (tertiary/aromatic N) is 2. The van der Waals surface area contributed by atoms with Gasteiger partial charge in [-0.3, -0.25) is 14.8 Å². The number of ether oxygens (including phenoxy) is 1. The topological polar surface area (TPSA) is 76.1 Å². The van der Waals surface area contributed by atoms with Gasteiger partial charge in [-0.1, -0.05) is 12.1 Å². The van der Waals surface area contributed by atoms with Gasteiger partial charge in [-0.25, -0.2) is 0 Å². The Morgan fingerprint density at radius 2 is 1.81 bits per heavy atom.